The zero-order chi connectivity index (χ0) is 20.2. The molecule has 0 radical (unpaired) electrons. The molecule has 1 saturated heterocycles. The van der Waals surface area contributed by atoms with Crippen LogP contribution in [0.15, 0.2) is 42.5 Å². The number of nitrogens with zero attached hydrogens (tertiary/aromatic N) is 2. The first kappa shape index (κ1) is 20.3. The largest absolute Gasteiger partial charge is 0.370 e. The molecule has 0 spiro atoms. The molecule has 2 heterocycles. The van der Waals surface area contributed by atoms with E-state index >= 15 is 0 Å². The van der Waals surface area contributed by atoms with E-state index in [9.17, 15) is 4.79 Å². The number of fused-ring (bicyclic) bond motifs is 1. The third-order valence-corrected chi connectivity index (χ3v) is 6.80. The summed E-state index contributed by atoms with van der Waals surface area (Å²) in [5.74, 6) is -0.00890. The molecule has 4 rings (SSSR count). The van der Waals surface area contributed by atoms with Crippen molar-refractivity contribution < 1.29 is 14.4 Å². The van der Waals surface area contributed by atoms with Gasteiger partial charge in [0, 0.05) is 23.6 Å². The molecule has 0 aliphatic carbocycles. The molecule has 3 aromatic rings. The molecule has 1 N–H and O–H groups in total. The summed E-state index contributed by atoms with van der Waals surface area (Å²) in [5.41, 5.74) is 2.51. The number of aromatic nitrogens is 1. The summed E-state index contributed by atoms with van der Waals surface area (Å²) in [4.78, 5) is 21.5. The van der Waals surface area contributed by atoms with Gasteiger partial charge in [-0.25, -0.2) is 4.98 Å². The number of thiazole rings is 1. The van der Waals surface area contributed by atoms with E-state index in [1.807, 2.05) is 54.3 Å². The van der Waals surface area contributed by atoms with Crippen molar-refractivity contribution in [3.05, 3.63) is 58.6 Å². The van der Waals surface area contributed by atoms with Gasteiger partial charge in [-0.15, -0.1) is 0 Å². The topological polar surface area (TPSA) is 46.9 Å². The Morgan fingerprint density at radius 3 is 2.72 bits per heavy atom. The van der Waals surface area contributed by atoms with Gasteiger partial charge < -0.3 is 9.64 Å². The first-order chi connectivity index (χ1) is 14.1. The fourth-order valence-corrected chi connectivity index (χ4v) is 4.82. The third kappa shape index (κ3) is 4.61. The molecule has 0 saturated carbocycles. The van der Waals surface area contributed by atoms with Gasteiger partial charge in [-0.2, -0.15) is 0 Å². The Kier molecular flexibility index (Phi) is 6.45. The van der Waals surface area contributed by atoms with Gasteiger partial charge in [0.1, 0.15) is 13.1 Å². The van der Waals surface area contributed by atoms with Gasteiger partial charge in [-0.1, -0.05) is 41.1 Å². The van der Waals surface area contributed by atoms with Crippen molar-refractivity contribution in [3.8, 4) is 0 Å². The molecule has 2 aromatic carbocycles. The number of hydrogen-bond acceptors (Lipinski definition) is 4. The Bertz CT molecular complexity index is 986. The fourth-order valence-electron chi connectivity index (χ4n) is 3.62. The molecule has 1 aliphatic heterocycles. The number of benzene rings is 2. The lowest BCUT2D eigenvalue weighted by Gasteiger charge is -2.25. The van der Waals surface area contributed by atoms with Crippen LogP contribution in [0.3, 0.4) is 0 Å². The first-order valence-electron chi connectivity index (χ1n) is 9.97. The molecule has 152 valence electrons. The van der Waals surface area contributed by atoms with Crippen molar-refractivity contribution >= 4 is 44.2 Å². The predicted molar refractivity (Wildman–Crippen MR) is 118 cm³/mol. The number of rotatable bonds is 6. The van der Waals surface area contributed by atoms with Gasteiger partial charge in [-0.05, 0) is 36.8 Å². The average molecular weight is 431 g/mol. The number of halogens is 1. The lowest BCUT2D eigenvalue weighted by molar-refractivity contribution is -0.908. The summed E-state index contributed by atoms with van der Waals surface area (Å²) < 4.78 is 6.49. The molecule has 0 bridgehead atoms. The normalized spacial score (nSPS) is 15.0. The lowest BCUT2D eigenvalue weighted by Crippen LogP contribution is -3.14. The van der Waals surface area contributed by atoms with Gasteiger partial charge in [0.2, 0.25) is 0 Å². The molecule has 1 amide bonds. The average Bonchev–Trinajstić information content (AvgIpc) is 3.19. The van der Waals surface area contributed by atoms with Gasteiger partial charge in [0.05, 0.1) is 30.0 Å². The van der Waals surface area contributed by atoms with Crippen LogP contribution in [0.1, 0.15) is 22.3 Å². The quantitative estimate of drug-likeness (QED) is 0.653. The molecule has 0 unspecified atom stereocenters. The van der Waals surface area contributed by atoms with E-state index in [-0.39, 0.29) is 5.91 Å². The maximum atomic E-state index is 13.3. The second-order valence-electron chi connectivity index (χ2n) is 7.30. The fraction of sp³-hybridized carbons (Fsp3) is 0.364. The Hall–Kier alpha value is -1.99. The van der Waals surface area contributed by atoms with E-state index in [1.165, 1.54) is 4.90 Å². The van der Waals surface area contributed by atoms with Crippen LogP contribution in [0.2, 0.25) is 5.02 Å². The van der Waals surface area contributed by atoms with Crippen molar-refractivity contribution in [1.29, 1.82) is 0 Å². The number of carbonyl (C=O) groups is 1. The monoisotopic (exact) mass is 430 g/mol. The second-order valence-corrected chi connectivity index (χ2v) is 8.72. The van der Waals surface area contributed by atoms with Gasteiger partial charge in [0.25, 0.3) is 5.91 Å². The molecular weight excluding hydrogens is 406 g/mol. The molecule has 7 heteroatoms. The zero-order valence-corrected chi connectivity index (χ0v) is 18.1. The lowest BCUT2D eigenvalue weighted by atomic mass is 10.2. The predicted octanol–water partition coefficient (Wildman–Crippen LogP) is 3.21. The SMILES string of the molecule is Cc1c(Cl)ccc2sc(N(CCC[NH+]3CCOCC3)C(=O)c3ccccc3)nc12. The number of nitrogens with one attached hydrogen (secondary N) is 1. The number of morpholine rings is 1. The van der Waals surface area contributed by atoms with Crippen molar-refractivity contribution in [1.82, 2.24) is 4.98 Å². The summed E-state index contributed by atoms with van der Waals surface area (Å²) in [7, 11) is 0. The molecular formula is C22H25ClN3O2S+. The number of anilines is 1. The van der Waals surface area contributed by atoms with E-state index in [0.717, 1.165) is 60.2 Å². The van der Waals surface area contributed by atoms with Crippen LogP contribution in [0, 0.1) is 6.92 Å². The van der Waals surface area contributed by atoms with Crippen molar-refractivity contribution in [2.24, 2.45) is 0 Å². The minimum absolute atomic E-state index is 0.00890. The van der Waals surface area contributed by atoms with Crippen LogP contribution < -0.4 is 9.80 Å². The summed E-state index contributed by atoms with van der Waals surface area (Å²) >= 11 is 7.82. The number of aryl methyl sites for hydroxylation is 1. The van der Waals surface area contributed by atoms with E-state index in [2.05, 4.69) is 0 Å². The maximum Gasteiger partial charge on any atom is 0.260 e. The van der Waals surface area contributed by atoms with Crippen molar-refractivity contribution in [3.63, 3.8) is 0 Å². The summed E-state index contributed by atoms with van der Waals surface area (Å²) in [6.07, 6.45) is 0.920. The highest BCUT2D eigenvalue weighted by molar-refractivity contribution is 7.22. The Balaban J connectivity index is 1.59. The standard InChI is InChI=1S/C22H24ClN3O2S/c1-16-18(23)8-9-19-20(16)24-22(29-19)26(21(27)17-6-3-2-4-7-17)11-5-10-25-12-14-28-15-13-25/h2-4,6-9H,5,10-15H2,1H3/p+1. The molecule has 0 atom stereocenters. The molecule has 1 fully saturated rings. The van der Waals surface area contributed by atoms with Gasteiger partial charge >= 0.3 is 0 Å². The van der Waals surface area contributed by atoms with E-state index < -0.39 is 0 Å². The number of carbonyl (C=O) groups excluding carboxylic acids is 1. The third-order valence-electron chi connectivity index (χ3n) is 5.35. The highest BCUT2D eigenvalue weighted by atomic mass is 35.5. The number of ether oxygens (including phenoxy) is 1. The minimum atomic E-state index is -0.00890. The second kappa shape index (κ2) is 9.22. The summed E-state index contributed by atoms with van der Waals surface area (Å²) in [6, 6.07) is 13.3. The van der Waals surface area contributed by atoms with Gasteiger partial charge in [0.15, 0.2) is 5.13 Å². The Morgan fingerprint density at radius 2 is 1.97 bits per heavy atom. The van der Waals surface area contributed by atoms with E-state index in [4.69, 9.17) is 21.3 Å². The van der Waals surface area contributed by atoms with Crippen molar-refractivity contribution in [2.75, 3.05) is 44.3 Å². The number of amides is 1. The molecule has 5 nitrogen and oxygen atoms in total. The molecule has 29 heavy (non-hydrogen) atoms. The van der Waals surface area contributed by atoms with Crippen LogP contribution in [0.25, 0.3) is 10.2 Å². The maximum absolute atomic E-state index is 13.3. The van der Waals surface area contributed by atoms with Crippen LogP contribution in [0.4, 0.5) is 5.13 Å². The van der Waals surface area contributed by atoms with Crippen LogP contribution in [0.5, 0.6) is 0 Å². The highest BCUT2D eigenvalue weighted by Crippen LogP contribution is 2.34. The zero-order valence-electron chi connectivity index (χ0n) is 16.5. The van der Waals surface area contributed by atoms with Crippen molar-refractivity contribution in [2.45, 2.75) is 13.3 Å². The van der Waals surface area contributed by atoms with Crippen LogP contribution >= 0.6 is 22.9 Å². The summed E-state index contributed by atoms with van der Waals surface area (Å²) in [5, 5.41) is 1.43. The highest BCUT2D eigenvalue weighted by Gasteiger charge is 2.23. The van der Waals surface area contributed by atoms with Crippen LogP contribution in [-0.4, -0.2) is 50.3 Å². The molecule has 1 aromatic heterocycles. The van der Waals surface area contributed by atoms with E-state index in [0.29, 0.717) is 17.1 Å². The first-order valence-corrected chi connectivity index (χ1v) is 11.2. The minimum Gasteiger partial charge on any atom is -0.370 e. The van der Waals surface area contributed by atoms with E-state index in [1.54, 1.807) is 11.3 Å². The Labute approximate surface area is 179 Å². The van der Waals surface area contributed by atoms with Crippen LogP contribution in [-0.2, 0) is 4.74 Å². The number of quaternary nitrogens is 1. The number of hydrogen-bond donors (Lipinski definition) is 1. The smallest absolute Gasteiger partial charge is 0.260 e. The Morgan fingerprint density at radius 1 is 1.21 bits per heavy atom. The summed E-state index contributed by atoms with van der Waals surface area (Å²) in [6.45, 7) is 7.35. The van der Waals surface area contributed by atoms with Gasteiger partial charge in [-0.3, -0.25) is 9.69 Å². The molecule has 1 aliphatic rings.